The van der Waals surface area contributed by atoms with Gasteiger partial charge in [0.2, 0.25) is 0 Å². The van der Waals surface area contributed by atoms with Gasteiger partial charge in [0.15, 0.2) is 0 Å². The Kier molecular flexibility index (Phi) is 2.92. The zero-order chi connectivity index (χ0) is 11.7. The van der Waals surface area contributed by atoms with Crippen LogP contribution in [0.2, 0.25) is 0 Å². The number of nitrogens with one attached hydrogen (secondary N) is 1. The third-order valence-corrected chi connectivity index (χ3v) is 3.48. The van der Waals surface area contributed by atoms with Gasteiger partial charge in [0.05, 0.1) is 18.2 Å². The molecule has 0 spiro atoms. The van der Waals surface area contributed by atoms with Crippen molar-refractivity contribution in [3.05, 3.63) is 29.5 Å². The molecule has 2 aromatic rings. The highest BCUT2D eigenvalue weighted by molar-refractivity contribution is 7.98. The molecule has 16 heavy (non-hydrogen) atoms. The van der Waals surface area contributed by atoms with Crippen molar-refractivity contribution in [2.75, 3.05) is 13.4 Å². The van der Waals surface area contributed by atoms with E-state index in [9.17, 15) is 4.79 Å². The second-order valence-electron chi connectivity index (χ2n) is 3.51. The molecule has 0 fully saturated rings. The summed E-state index contributed by atoms with van der Waals surface area (Å²) in [6.07, 6.45) is 4.00. The van der Waals surface area contributed by atoms with E-state index in [2.05, 4.69) is 4.98 Å². The Hall–Kier alpha value is -1.42. The summed E-state index contributed by atoms with van der Waals surface area (Å²) in [5.74, 6) is -0.292. The predicted molar refractivity (Wildman–Crippen MR) is 66.2 cm³/mol. The molecule has 1 N–H and O–H groups in total. The first-order valence-electron chi connectivity index (χ1n) is 4.92. The van der Waals surface area contributed by atoms with Gasteiger partial charge in [0, 0.05) is 16.5 Å². The molecular formula is C12H13NO2S. The van der Waals surface area contributed by atoms with Crippen LogP contribution in [0.15, 0.2) is 23.2 Å². The van der Waals surface area contributed by atoms with E-state index < -0.39 is 0 Å². The van der Waals surface area contributed by atoms with Gasteiger partial charge in [0.25, 0.3) is 0 Å². The summed E-state index contributed by atoms with van der Waals surface area (Å²) in [5.41, 5.74) is 2.56. The molecule has 4 heteroatoms. The van der Waals surface area contributed by atoms with Gasteiger partial charge in [-0.2, -0.15) is 0 Å². The molecule has 1 aromatic heterocycles. The monoisotopic (exact) mass is 235 g/mol. The summed E-state index contributed by atoms with van der Waals surface area (Å²) >= 11 is 1.69. The zero-order valence-electron chi connectivity index (χ0n) is 9.46. The van der Waals surface area contributed by atoms with Crippen LogP contribution in [0.5, 0.6) is 0 Å². The highest BCUT2D eigenvalue weighted by Crippen LogP contribution is 2.29. The van der Waals surface area contributed by atoms with Crippen LogP contribution in [0.1, 0.15) is 15.9 Å². The van der Waals surface area contributed by atoms with Crippen molar-refractivity contribution in [2.24, 2.45) is 0 Å². The van der Waals surface area contributed by atoms with Gasteiger partial charge >= 0.3 is 5.97 Å². The van der Waals surface area contributed by atoms with Crippen molar-refractivity contribution in [2.45, 2.75) is 11.8 Å². The Bertz CT molecular complexity index is 545. The smallest absolute Gasteiger partial charge is 0.338 e. The number of thioether (sulfide) groups is 1. The molecule has 0 bridgehead atoms. The number of rotatable bonds is 2. The number of aromatic amines is 1. The number of esters is 1. The number of fused-ring (bicyclic) bond motifs is 1. The largest absolute Gasteiger partial charge is 0.465 e. The van der Waals surface area contributed by atoms with Crippen LogP contribution in [0.25, 0.3) is 10.9 Å². The fourth-order valence-corrected chi connectivity index (χ4v) is 2.39. The summed E-state index contributed by atoms with van der Waals surface area (Å²) < 4.78 is 4.74. The van der Waals surface area contributed by atoms with Gasteiger partial charge in [-0.3, -0.25) is 0 Å². The van der Waals surface area contributed by atoms with Crippen molar-refractivity contribution in [3.8, 4) is 0 Å². The number of aryl methyl sites for hydroxylation is 1. The van der Waals surface area contributed by atoms with Crippen LogP contribution in [-0.2, 0) is 4.74 Å². The van der Waals surface area contributed by atoms with Gasteiger partial charge in [0.1, 0.15) is 0 Å². The van der Waals surface area contributed by atoms with Crippen LogP contribution < -0.4 is 0 Å². The summed E-state index contributed by atoms with van der Waals surface area (Å²) in [6.45, 7) is 1.93. The lowest BCUT2D eigenvalue weighted by Gasteiger charge is -2.05. The molecular weight excluding hydrogens is 222 g/mol. The lowest BCUT2D eigenvalue weighted by Crippen LogP contribution is -2.03. The summed E-state index contributed by atoms with van der Waals surface area (Å²) in [7, 11) is 1.40. The maximum atomic E-state index is 11.5. The van der Waals surface area contributed by atoms with Crippen LogP contribution in [-0.4, -0.2) is 24.3 Å². The van der Waals surface area contributed by atoms with Crippen LogP contribution in [0.4, 0.5) is 0 Å². The van der Waals surface area contributed by atoms with Crippen molar-refractivity contribution in [1.82, 2.24) is 4.98 Å². The van der Waals surface area contributed by atoms with E-state index in [1.807, 2.05) is 31.5 Å². The number of benzene rings is 1. The maximum Gasteiger partial charge on any atom is 0.338 e. The second kappa shape index (κ2) is 4.22. The fraction of sp³-hybridized carbons (Fsp3) is 0.250. The first-order chi connectivity index (χ1) is 7.69. The molecule has 0 radical (unpaired) electrons. The number of H-pyrrole nitrogens is 1. The van der Waals surface area contributed by atoms with Crippen molar-refractivity contribution in [1.29, 1.82) is 0 Å². The third-order valence-electron chi connectivity index (χ3n) is 2.70. The minimum absolute atomic E-state index is 0.292. The number of hydrogen-bond acceptors (Lipinski definition) is 3. The Morgan fingerprint density at radius 1 is 1.44 bits per heavy atom. The molecule has 1 aromatic carbocycles. The fourth-order valence-electron chi connectivity index (χ4n) is 1.82. The molecule has 0 saturated heterocycles. The van der Waals surface area contributed by atoms with Gasteiger partial charge in [-0.25, -0.2) is 4.79 Å². The van der Waals surface area contributed by atoms with Crippen molar-refractivity contribution in [3.63, 3.8) is 0 Å². The first kappa shape index (κ1) is 11.1. The summed E-state index contributed by atoms with van der Waals surface area (Å²) in [4.78, 5) is 15.9. The van der Waals surface area contributed by atoms with Crippen LogP contribution in [0.3, 0.4) is 0 Å². The Labute approximate surface area is 98.2 Å². The van der Waals surface area contributed by atoms with Crippen LogP contribution in [0, 0.1) is 6.92 Å². The van der Waals surface area contributed by atoms with E-state index >= 15 is 0 Å². The minimum Gasteiger partial charge on any atom is -0.465 e. The molecule has 0 unspecified atom stereocenters. The number of ether oxygens (including phenoxy) is 1. The van der Waals surface area contributed by atoms with E-state index in [0.717, 1.165) is 16.5 Å². The highest BCUT2D eigenvalue weighted by atomic mass is 32.2. The number of methoxy groups -OCH3 is 1. The molecule has 0 amide bonds. The molecule has 0 saturated carbocycles. The third kappa shape index (κ3) is 1.59. The van der Waals surface area contributed by atoms with E-state index in [0.29, 0.717) is 5.56 Å². The molecule has 0 aliphatic carbocycles. The number of hydrogen-bond donors (Lipinski definition) is 1. The predicted octanol–water partition coefficient (Wildman–Crippen LogP) is 2.98. The SMILES string of the molecule is COC(=O)c1ccc2c(SC)c[nH]c2c1C. The van der Waals surface area contributed by atoms with Gasteiger partial charge in [-0.1, -0.05) is 6.07 Å². The van der Waals surface area contributed by atoms with E-state index in [4.69, 9.17) is 4.74 Å². The molecule has 0 atom stereocenters. The quantitative estimate of drug-likeness (QED) is 0.642. The van der Waals surface area contributed by atoms with Gasteiger partial charge in [-0.05, 0) is 24.8 Å². The summed E-state index contributed by atoms with van der Waals surface area (Å²) in [5, 5.41) is 1.15. The van der Waals surface area contributed by atoms with E-state index in [-0.39, 0.29) is 5.97 Å². The van der Waals surface area contributed by atoms with E-state index in [1.54, 1.807) is 11.8 Å². The first-order valence-corrected chi connectivity index (χ1v) is 6.14. The van der Waals surface area contributed by atoms with E-state index in [1.165, 1.54) is 12.0 Å². The Morgan fingerprint density at radius 3 is 2.81 bits per heavy atom. The Morgan fingerprint density at radius 2 is 2.19 bits per heavy atom. The van der Waals surface area contributed by atoms with Crippen LogP contribution >= 0.6 is 11.8 Å². The number of carbonyl (C=O) groups excluding carboxylic acids is 1. The molecule has 0 aliphatic heterocycles. The Balaban J connectivity index is 2.66. The summed E-state index contributed by atoms with van der Waals surface area (Å²) in [6, 6.07) is 3.77. The standard InChI is InChI=1S/C12H13NO2S/c1-7-8(12(14)15-2)4-5-9-10(16-3)6-13-11(7)9/h4-6,13H,1-3H3. The topological polar surface area (TPSA) is 42.1 Å². The highest BCUT2D eigenvalue weighted by Gasteiger charge is 2.13. The second-order valence-corrected chi connectivity index (χ2v) is 4.36. The molecule has 1 heterocycles. The normalized spacial score (nSPS) is 10.7. The average Bonchev–Trinajstić information content (AvgIpc) is 2.72. The van der Waals surface area contributed by atoms with Gasteiger partial charge < -0.3 is 9.72 Å². The minimum atomic E-state index is -0.292. The molecule has 84 valence electrons. The molecule has 0 aliphatic rings. The van der Waals surface area contributed by atoms with Crippen molar-refractivity contribution < 1.29 is 9.53 Å². The number of carbonyl (C=O) groups is 1. The van der Waals surface area contributed by atoms with Gasteiger partial charge in [-0.15, -0.1) is 11.8 Å². The molecule has 3 nitrogen and oxygen atoms in total. The maximum absolute atomic E-state index is 11.5. The van der Waals surface area contributed by atoms with Crippen molar-refractivity contribution >= 4 is 28.6 Å². The molecule has 2 rings (SSSR count). The lowest BCUT2D eigenvalue weighted by atomic mass is 10.1. The lowest BCUT2D eigenvalue weighted by molar-refractivity contribution is 0.0600. The zero-order valence-corrected chi connectivity index (χ0v) is 10.3. The average molecular weight is 235 g/mol. The number of aromatic nitrogens is 1.